The lowest BCUT2D eigenvalue weighted by molar-refractivity contribution is -0.905. The molecule has 0 saturated carbocycles. The molecule has 1 spiro atoms. The van der Waals surface area contributed by atoms with Crippen molar-refractivity contribution in [3.05, 3.63) is 36.3 Å². The average molecular weight is 341 g/mol. The van der Waals surface area contributed by atoms with E-state index in [0.29, 0.717) is 49.8 Å². The molecule has 4 aliphatic heterocycles. The third kappa shape index (κ3) is 2.47. The van der Waals surface area contributed by atoms with E-state index in [2.05, 4.69) is 25.3 Å². The molecule has 25 heavy (non-hydrogen) atoms. The standard InChI is InChI=1S/C16H19N7O2/c24-23-5-1-12(2-6-23)16(10-23)9-19-15(25-16)21-13-7-18-8-14(20-13)22-4-3-17-11-22/h3-4,7-8,11-12H,1-2,5-6,9-10H2,(H,19,20,21)/t12?,16-,23?/m0/s1. The van der Waals surface area contributed by atoms with E-state index in [4.69, 9.17) is 4.74 Å². The maximum absolute atomic E-state index is 12.7. The average Bonchev–Trinajstić information content (AvgIpc) is 3.26. The molecule has 3 fully saturated rings. The number of imidazole rings is 1. The molecule has 2 aromatic heterocycles. The molecule has 6 heterocycles. The van der Waals surface area contributed by atoms with E-state index in [1.807, 2.05) is 0 Å². The number of amidine groups is 1. The Bertz CT molecular complexity index is 814. The molecule has 1 atom stereocenters. The van der Waals surface area contributed by atoms with Gasteiger partial charge in [0.2, 0.25) is 0 Å². The summed E-state index contributed by atoms with van der Waals surface area (Å²) in [4.78, 5) is 17.2. The number of hydrogen-bond acceptors (Lipinski definition) is 7. The summed E-state index contributed by atoms with van der Waals surface area (Å²) in [6.07, 6.45) is 10.3. The second-order valence-corrected chi connectivity index (χ2v) is 7.08. The Morgan fingerprint density at radius 2 is 2.16 bits per heavy atom. The van der Waals surface area contributed by atoms with E-state index in [0.717, 1.165) is 12.8 Å². The van der Waals surface area contributed by atoms with Gasteiger partial charge >= 0.3 is 0 Å². The number of rotatable bonds is 2. The third-order valence-electron chi connectivity index (χ3n) is 5.49. The first-order chi connectivity index (χ1) is 12.1. The zero-order valence-corrected chi connectivity index (χ0v) is 13.7. The molecule has 0 unspecified atom stereocenters. The molecule has 2 bridgehead atoms. The van der Waals surface area contributed by atoms with E-state index >= 15 is 0 Å². The highest BCUT2D eigenvalue weighted by Gasteiger charge is 2.56. The van der Waals surface area contributed by atoms with Crippen molar-refractivity contribution in [1.82, 2.24) is 19.5 Å². The Balaban J connectivity index is 1.33. The molecule has 0 radical (unpaired) electrons. The lowest BCUT2D eigenvalue weighted by Crippen LogP contribution is -2.67. The minimum Gasteiger partial charge on any atom is -0.633 e. The molecular weight excluding hydrogens is 322 g/mol. The summed E-state index contributed by atoms with van der Waals surface area (Å²) in [6, 6.07) is 0.428. The van der Waals surface area contributed by atoms with Crippen molar-refractivity contribution in [1.29, 1.82) is 0 Å². The quantitative estimate of drug-likeness (QED) is 0.644. The van der Waals surface area contributed by atoms with Crippen LogP contribution in [0.5, 0.6) is 0 Å². The maximum Gasteiger partial charge on any atom is 0.291 e. The summed E-state index contributed by atoms with van der Waals surface area (Å²) in [7, 11) is 0. The summed E-state index contributed by atoms with van der Waals surface area (Å²) >= 11 is 0. The van der Waals surface area contributed by atoms with Gasteiger partial charge in [0.1, 0.15) is 12.9 Å². The number of anilines is 1. The molecular formula is C16H19N7O2. The number of nitrogens with one attached hydrogen (secondary N) is 1. The largest absolute Gasteiger partial charge is 0.633 e. The lowest BCUT2D eigenvalue weighted by Gasteiger charge is -2.58. The van der Waals surface area contributed by atoms with E-state index in [9.17, 15) is 5.21 Å². The highest BCUT2D eigenvalue weighted by atomic mass is 16.6. The van der Waals surface area contributed by atoms with Gasteiger partial charge in [-0.25, -0.2) is 15.0 Å². The molecule has 0 amide bonds. The summed E-state index contributed by atoms with van der Waals surface area (Å²) in [5.41, 5.74) is -0.448. The van der Waals surface area contributed by atoms with E-state index in [1.165, 1.54) is 0 Å². The molecule has 3 saturated heterocycles. The second-order valence-electron chi connectivity index (χ2n) is 7.08. The van der Waals surface area contributed by atoms with Crippen molar-refractivity contribution < 1.29 is 9.38 Å². The fraction of sp³-hybridized carbons (Fsp3) is 0.500. The Labute approximate surface area is 144 Å². The highest BCUT2D eigenvalue weighted by Crippen LogP contribution is 2.44. The molecule has 1 N–H and O–H groups in total. The number of aliphatic imine (C=N–C) groups is 1. The molecule has 4 aliphatic rings. The van der Waals surface area contributed by atoms with Gasteiger partial charge in [0, 0.05) is 31.2 Å². The first kappa shape index (κ1) is 14.8. The molecule has 0 aliphatic carbocycles. The molecule has 9 nitrogen and oxygen atoms in total. The number of quaternary nitrogens is 1. The SMILES string of the molecule is [O-][N+]12CCC(CC1)[C@]1(CN=C(Nc3cncc(-n4ccnc4)n3)O1)C2. The summed E-state index contributed by atoms with van der Waals surface area (Å²) in [5, 5.41) is 15.8. The maximum atomic E-state index is 12.7. The minimum atomic E-state index is -0.448. The highest BCUT2D eigenvalue weighted by molar-refractivity contribution is 5.89. The summed E-state index contributed by atoms with van der Waals surface area (Å²) in [5.74, 6) is 1.62. The van der Waals surface area contributed by atoms with Crippen molar-refractivity contribution in [3.63, 3.8) is 0 Å². The number of nitrogens with zero attached hydrogens (tertiary/aromatic N) is 6. The van der Waals surface area contributed by atoms with Crippen molar-refractivity contribution in [2.24, 2.45) is 10.9 Å². The molecule has 6 rings (SSSR count). The Hall–Kier alpha value is -2.52. The van der Waals surface area contributed by atoms with Crippen LogP contribution in [-0.4, -0.2) is 62.0 Å². The van der Waals surface area contributed by atoms with Crippen LogP contribution in [0.4, 0.5) is 5.82 Å². The second kappa shape index (κ2) is 5.24. The molecule has 0 aromatic carbocycles. The van der Waals surface area contributed by atoms with Crippen LogP contribution in [0.15, 0.2) is 36.1 Å². The fourth-order valence-electron chi connectivity index (χ4n) is 4.21. The van der Waals surface area contributed by atoms with Crippen LogP contribution in [0.1, 0.15) is 12.8 Å². The van der Waals surface area contributed by atoms with Crippen LogP contribution in [0, 0.1) is 11.1 Å². The van der Waals surface area contributed by atoms with Gasteiger partial charge in [-0.3, -0.25) is 14.9 Å². The monoisotopic (exact) mass is 341 g/mol. The Kier molecular flexibility index (Phi) is 3.10. The summed E-state index contributed by atoms with van der Waals surface area (Å²) < 4.78 is 7.79. The molecule has 130 valence electrons. The number of ether oxygens (including phenoxy) is 1. The van der Waals surface area contributed by atoms with Gasteiger partial charge in [-0.15, -0.1) is 0 Å². The van der Waals surface area contributed by atoms with Crippen LogP contribution in [0.2, 0.25) is 0 Å². The van der Waals surface area contributed by atoms with Gasteiger partial charge < -0.3 is 14.6 Å². The molecule has 9 heteroatoms. The predicted octanol–water partition coefficient (Wildman–Crippen LogP) is 0.937. The van der Waals surface area contributed by atoms with Crippen LogP contribution in [0.3, 0.4) is 0 Å². The zero-order chi connectivity index (χ0) is 16.9. The smallest absolute Gasteiger partial charge is 0.291 e. The van der Waals surface area contributed by atoms with Crippen molar-refractivity contribution in [2.75, 3.05) is 31.5 Å². The summed E-state index contributed by atoms with van der Waals surface area (Å²) in [6.45, 7) is 2.44. The first-order valence-electron chi connectivity index (χ1n) is 8.52. The number of hydrogen-bond donors (Lipinski definition) is 1. The minimum absolute atomic E-state index is 0.144. The first-order valence-corrected chi connectivity index (χ1v) is 8.52. The number of fused-ring (bicyclic) bond motifs is 2. The van der Waals surface area contributed by atoms with E-state index in [1.54, 1.807) is 35.7 Å². The van der Waals surface area contributed by atoms with Gasteiger partial charge in [0.05, 0.1) is 32.0 Å². The Morgan fingerprint density at radius 1 is 1.28 bits per heavy atom. The van der Waals surface area contributed by atoms with Gasteiger partial charge in [0.25, 0.3) is 6.02 Å². The number of aromatic nitrogens is 4. The van der Waals surface area contributed by atoms with Crippen LogP contribution in [0.25, 0.3) is 5.82 Å². The molecule has 2 aromatic rings. The van der Waals surface area contributed by atoms with Gasteiger partial charge in [-0.05, 0) is 0 Å². The van der Waals surface area contributed by atoms with Gasteiger partial charge in [0.15, 0.2) is 17.2 Å². The topological polar surface area (TPSA) is 100 Å². The van der Waals surface area contributed by atoms with E-state index < -0.39 is 5.60 Å². The third-order valence-corrected chi connectivity index (χ3v) is 5.49. The predicted molar refractivity (Wildman–Crippen MR) is 89.8 cm³/mol. The van der Waals surface area contributed by atoms with E-state index in [-0.39, 0.29) is 4.65 Å². The van der Waals surface area contributed by atoms with Crippen LogP contribution < -0.4 is 5.32 Å². The van der Waals surface area contributed by atoms with Gasteiger partial charge in [-0.2, -0.15) is 0 Å². The number of hydroxylamine groups is 3. The van der Waals surface area contributed by atoms with Crippen LogP contribution in [-0.2, 0) is 4.74 Å². The zero-order valence-electron chi connectivity index (χ0n) is 13.7. The normalized spacial score (nSPS) is 33.3. The van der Waals surface area contributed by atoms with Gasteiger partial charge in [-0.1, -0.05) is 0 Å². The Morgan fingerprint density at radius 3 is 2.92 bits per heavy atom. The fourth-order valence-corrected chi connectivity index (χ4v) is 4.21. The van der Waals surface area contributed by atoms with Crippen LogP contribution >= 0.6 is 0 Å². The van der Waals surface area contributed by atoms with Crippen molar-refractivity contribution in [3.8, 4) is 5.82 Å². The van der Waals surface area contributed by atoms with Crippen molar-refractivity contribution in [2.45, 2.75) is 18.4 Å². The van der Waals surface area contributed by atoms with Crippen molar-refractivity contribution >= 4 is 11.8 Å². The lowest BCUT2D eigenvalue weighted by atomic mass is 9.75. The number of piperidine rings is 3.